The van der Waals surface area contributed by atoms with Gasteiger partial charge in [0.15, 0.2) is 0 Å². The fraction of sp³-hybridized carbons (Fsp3) is 0.273. The Hall–Kier alpha value is -2.64. The van der Waals surface area contributed by atoms with E-state index in [1.165, 1.54) is 31.2 Å². The molecule has 0 atom stereocenters. The number of ether oxygens (including phenoxy) is 2. The number of hydrogen-bond acceptors (Lipinski definition) is 6. The lowest BCUT2D eigenvalue weighted by molar-refractivity contribution is -0.384. The summed E-state index contributed by atoms with van der Waals surface area (Å²) in [5.74, 6) is -0.0949. The first-order valence-corrected chi connectivity index (χ1v) is 5.32. The lowest BCUT2D eigenvalue weighted by Gasteiger charge is -2.05. The molecule has 8 nitrogen and oxygen atoms in total. The summed E-state index contributed by atoms with van der Waals surface area (Å²) in [6, 6.07) is 4.99. The Morgan fingerprint density at radius 3 is 2.47 bits per heavy atom. The lowest BCUT2D eigenvalue weighted by atomic mass is 10.3. The molecule has 0 bridgehead atoms. The fourth-order valence-electron chi connectivity index (χ4n) is 1.12. The van der Waals surface area contributed by atoms with Crippen LogP contribution in [0.2, 0.25) is 0 Å². The van der Waals surface area contributed by atoms with Gasteiger partial charge in [-0.2, -0.15) is 0 Å². The summed E-state index contributed by atoms with van der Waals surface area (Å²) in [7, 11) is 0. The van der Waals surface area contributed by atoms with Crippen LogP contribution in [0.25, 0.3) is 0 Å². The average Bonchev–Trinajstić information content (AvgIpc) is 2.35. The van der Waals surface area contributed by atoms with Gasteiger partial charge in [0.2, 0.25) is 5.91 Å². The molecule has 19 heavy (non-hydrogen) atoms. The van der Waals surface area contributed by atoms with Crippen molar-refractivity contribution in [1.29, 1.82) is 0 Å². The summed E-state index contributed by atoms with van der Waals surface area (Å²) in [4.78, 5) is 31.6. The molecule has 1 aromatic carbocycles. The molecule has 0 spiro atoms. The first kappa shape index (κ1) is 14.4. The number of nitro groups is 1. The number of nitrogens with one attached hydrogen (secondary N) is 1. The van der Waals surface area contributed by atoms with Crippen molar-refractivity contribution in [3.8, 4) is 5.75 Å². The van der Waals surface area contributed by atoms with E-state index in [1.54, 1.807) is 0 Å². The maximum absolute atomic E-state index is 11.2. The Balaban J connectivity index is 2.35. The van der Waals surface area contributed by atoms with E-state index in [-0.39, 0.29) is 30.5 Å². The zero-order valence-corrected chi connectivity index (χ0v) is 10.1. The van der Waals surface area contributed by atoms with Crippen LogP contribution in [0.5, 0.6) is 5.75 Å². The second kappa shape index (κ2) is 6.94. The second-order valence-corrected chi connectivity index (χ2v) is 3.43. The molecule has 1 aromatic rings. The molecular formula is C11H12N2O6. The molecular weight excluding hydrogens is 256 g/mol. The van der Waals surface area contributed by atoms with Crippen LogP contribution < -0.4 is 10.1 Å². The summed E-state index contributed by atoms with van der Waals surface area (Å²) < 4.78 is 9.42. The van der Waals surface area contributed by atoms with E-state index in [9.17, 15) is 19.7 Å². The monoisotopic (exact) mass is 268 g/mol. The number of benzene rings is 1. The molecule has 0 aliphatic rings. The SMILES string of the molecule is CC(=O)NCCOC(=O)Oc1ccc([N+](=O)[O-])cc1. The van der Waals surface area contributed by atoms with Gasteiger partial charge in [-0.3, -0.25) is 14.9 Å². The molecule has 0 heterocycles. The van der Waals surface area contributed by atoms with Crippen LogP contribution in [-0.4, -0.2) is 30.1 Å². The zero-order valence-electron chi connectivity index (χ0n) is 10.1. The van der Waals surface area contributed by atoms with Crippen molar-refractivity contribution in [3.05, 3.63) is 34.4 Å². The number of nitro benzene ring substituents is 1. The van der Waals surface area contributed by atoms with Gasteiger partial charge in [0.1, 0.15) is 12.4 Å². The molecule has 0 unspecified atom stereocenters. The van der Waals surface area contributed by atoms with Gasteiger partial charge in [-0.15, -0.1) is 0 Å². The van der Waals surface area contributed by atoms with Crippen molar-refractivity contribution in [3.63, 3.8) is 0 Å². The van der Waals surface area contributed by atoms with Crippen molar-refractivity contribution in [2.45, 2.75) is 6.92 Å². The van der Waals surface area contributed by atoms with E-state index in [1.807, 2.05) is 0 Å². The van der Waals surface area contributed by atoms with Crippen molar-refractivity contribution < 1.29 is 24.0 Å². The number of rotatable bonds is 5. The maximum atomic E-state index is 11.2. The van der Waals surface area contributed by atoms with Gasteiger partial charge in [-0.25, -0.2) is 4.79 Å². The molecule has 0 aliphatic carbocycles. The quantitative estimate of drug-likeness (QED) is 0.283. The number of carbonyl (C=O) groups is 2. The number of non-ortho nitro benzene ring substituents is 1. The van der Waals surface area contributed by atoms with Crippen molar-refractivity contribution in [1.82, 2.24) is 5.32 Å². The molecule has 8 heteroatoms. The number of amides is 1. The van der Waals surface area contributed by atoms with E-state index in [4.69, 9.17) is 4.74 Å². The van der Waals surface area contributed by atoms with Gasteiger partial charge >= 0.3 is 6.16 Å². The summed E-state index contributed by atoms with van der Waals surface area (Å²) in [6.45, 7) is 1.51. The Labute approximate surface area is 108 Å². The predicted octanol–water partition coefficient (Wildman–Crippen LogP) is 1.25. The van der Waals surface area contributed by atoms with Crippen molar-refractivity contribution in [2.75, 3.05) is 13.2 Å². The van der Waals surface area contributed by atoms with Crippen molar-refractivity contribution in [2.24, 2.45) is 0 Å². The third-order valence-corrected chi connectivity index (χ3v) is 1.94. The van der Waals surface area contributed by atoms with Crippen LogP contribution in [-0.2, 0) is 9.53 Å². The Morgan fingerprint density at radius 1 is 1.32 bits per heavy atom. The molecule has 102 valence electrons. The van der Waals surface area contributed by atoms with Crippen LogP contribution in [0.15, 0.2) is 24.3 Å². The highest BCUT2D eigenvalue weighted by Gasteiger charge is 2.08. The molecule has 1 rings (SSSR count). The molecule has 0 aromatic heterocycles. The Kier molecular flexibility index (Phi) is 5.27. The summed E-state index contributed by atoms with van der Waals surface area (Å²) in [5, 5.41) is 12.8. The Morgan fingerprint density at radius 2 is 1.95 bits per heavy atom. The highest BCUT2D eigenvalue weighted by Crippen LogP contribution is 2.17. The molecule has 1 amide bonds. The first-order chi connectivity index (χ1) is 8.99. The van der Waals surface area contributed by atoms with E-state index in [0.29, 0.717) is 0 Å². The van der Waals surface area contributed by atoms with Crippen LogP contribution in [0.3, 0.4) is 0 Å². The van der Waals surface area contributed by atoms with E-state index < -0.39 is 11.1 Å². The molecule has 0 aliphatic heterocycles. The molecule has 0 saturated heterocycles. The summed E-state index contributed by atoms with van der Waals surface area (Å²) >= 11 is 0. The third kappa shape index (κ3) is 5.48. The average molecular weight is 268 g/mol. The predicted molar refractivity (Wildman–Crippen MR) is 63.8 cm³/mol. The summed E-state index contributed by atoms with van der Waals surface area (Å²) in [6.07, 6.45) is -0.945. The molecule has 1 N–H and O–H groups in total. The van der Waals surface area contributed by atoms with E-state index >= 15 is 0 Å². The number of hydrogen-bond donors (Lipinski definition) is 1. The van der Waals surface area contributed by atoms with Crippen LogP contribution >= 0.6 is 0 Å². The van der Waals surface area contributed by atoms with E-state index in [0.717, 1.165) is 0 Å². The standard InChI is InChI=1S/C11H12N2O6/c1-8(14)12-6-7-18-11(15)19-10-4-2-9(3-5-10)13(16)17/h2-5H,6-7H2,1H3,(H,12,14). The van der Waals surface area contributed by atoms with Crippen LogP contribution in [0.4, 0.5) is 10.5 Å². The van der Waals surface area contributed by atoms with Gasteiger partial charge in [0.05, 0.1) is 11.5 Å². The number of carbonyl (C=O) groups excluding carboxylic acids is 2. The maximum Gasteiger partial charge on any atom is 0.513 e. The minimum atomic E-state index is -0.945. The fourth-order valence-corrected chi connectivity index (χ4v) is 1.12. The van der Waals surface area contributed by atoms with Gasteiger partial charge < -0.3 is 14.8 Å². The normalized spacial score (nSPS) is 9.53. The zero-order chi connectivity index (χ0) is 14.3. The summed E-state index contributed by atoms with van der Waals surface area (Å²) in [5.41, 5.74) is -0.105. The van der Waals surface area contributed by atoms with Gasteiger partial charge in [-0.1, -0.05) is 0 Å². The molecule has 0 fully saturated rings. The molecule has 0 radical (unpaired) electrons. The van der Waals surface area contributed by atoms with Crippen LogP contribution in [0, 0.1) is 10.1 Å². The largest absolute Gasteiger partial charge is 0.513 e. The minimum Gasteiger partial charge on any atom is -0.432 e. The first-order valence-electron chi connectivity index (χ1n) is 5.32. The molecule has 0 saturated carbocycles. The van der Waals surface area contributed by atoms with Crippen LogP contribution in [0.1, 0.15) is 6.92 Å². The lowest BCUT2D eigenvalue weighted by Crippen LogP contribution is -2.26. The second-order valence-electron chi connectivity index (χ2n) is 3.43. The van der Waals surface area contributed by atoms with Gasteiger partial charge in [0.25, 0.3) is 5.69 Å². The third-order valence-electron chi connectivity index (χ3n) is 1.94. The van der Waals surface area contributed by atoms with Gasteiger partial charge in [0, 0.05) is 19.1 Å². The van der Waals surface area contributed by atoms with Gasteiger partial charge in [-0.05, 0) is 12.1 Å². The topological polar surface area (TPSA) is 108 Å². The minimum absolute atomic E-state index is 0.0224. The van der Waals surface area contributed by atoms with Crippen molar-refractivity contribution >= 4 is 17.7 Å². The highest BCUT2D eigenvalue weighted by atomic mass is 16.7. The highest BCUT2D eigenvalue weighted by molar-refractivity contribution is 5.72. The smallest absolute Gasteiger partial charge is 0.432 e. The number of nitrogens with zero attached hydrogens (tertiary/aromatic N) is 1. The Bertz CT molecular complexity index is 471. The van der Waals surface area contributed by atoms with E-state index in [2.05, 4.69) is 10.1 Å².